The lowest BCUT2D eigenvalue weighted by molar-refractivity contribution is 0.0523. The van der Waals surface area contributed by atoms with Gasteiger partial charge in [-0.2, -0.15) is 0 Å². The molecule has 0 aromatic carbocycles. The second-order valence-electron chi connectivity index (χ2n) is 5.24. The number of nitrogens with one attached hydrogen (secondary N) is 1. The number of ether oxygens (including phenoxy) is 1. The van der Waals surface area contributed by atoms with E-state index in [0.717, 1.165) is 10.2 Å². The van der Waals surface area contributed by atoms with E-state index in [-0.39, 0.29) is 12.1 Å². The van der Waals surface area contributed by atoms with E-state index in [1.165, 1.54) is 4.88 Å². The van der Waals surface area contributed by atoms with Crippen LogP contribution in [0.15, 0.2) is 15.9 Å². The second kappa shape index (κ2) is 4.61. The summed E-state index contributed by atoms with van der Waals surface area (Å²) in [5.41, 5.74) is -0.430. The number of halogens is 1. The summed E-state index contributed by atoms with van der Waals surface area (Å²) in [4.78, 5) is 12.9. The van der Waals surface area contributed by atoms with Crippen LogP contribution in [0, 0.1) is 0 Å². The van der Waals surface area contributed by atoms with E-state index in [2.05, 4.69) is 27.3 Å². The minimum atomic E-state index is -0.430. The molecule has 1 N–H and O–H groups in total. The molecule has 1 aromatic rings. The fourth-order valence-electron chi connectivity index (χ4n) is 1.66. The molecular weight excluding hydrogens is 302 g/mol. The Morgan fingerprint density at radius 1 is 1.53 bits per heavy atom. The van der Waals surface area contributed by atoms with Crippen molar-refractivity contribution in [1.29, 1.82) is 0 Å². The Bertz CT molecular complexity index is 424. The maximum Gasteiger partial charge on any atom is 0.407 e. The lowest BCUT2D eigenvalue weighted by Gasteiger charge is -2.19. The van der Waals surface area contributed by atoms with Gasteiger partial charge in [0.25, 0.3) is 0 Å². The average molecular weight is 318 g/mol. The van der Waals surface area contributed by atoms with E-state index in [0.29, 0.717) is 5.92 Å². The minimum Gasteiger partial charge on any atom is -0.444 e. The third-order valence-electron chi connectivity index (χ3n) is 2.45. The smallest absolute Gasteiger partial charge is 0.407 e. The summed E-state index contributed by atoms with van der Waals surface area (Å²) in [5, 5.41) is 2.90. The number of thiophene rings is 1. The quantitative estimate of drug-likeness (QED) is 0.898. The molecule has 0 radical (unpaired) electrons. The Hall–Kier alpha value is -0.550. The first-order chi connectivity index (χ1) is 7.85. The summed E-state index contributed by atoms with van der Waals surface area (Å²) in [6.07, 6.45) is 0.687. The molecule has 1 amide bonds. The molecule has 1 aromatic heterocycles. The number of alkyl carbamates (subject to hydrolysis) is 1. The van der Waals surface area contributed by atoms with E-state index >= 15 is 0 Å². The number of carbonyl (C=O) groups excluding carboxylic acids is 1. The topological polar surface area (TPSA) is 38.3 Å². The van der Waals surface area contributed by atoms with E-state index in [1.807, 2.05) is 26.8 Å². The number of hydrogen-bond acceptors (Lipinski definition) is 3. The predicted octanol–water partition coefficient (Wildman–Crippen LogP) is 3.89. The molecule has 2 atom stereocenters. The lowest BCUT2D eigenvalue weighted by atomic mass is 10.2. The van der Waals surface area contributed by atoms with Gasteiger partial charge >= 0.3 is 6.09 Å². The predicted molar refractivity (Wildman–Crippen MR) is 72.5 cm³/mol. The highest BCUT2D eigenvalue weighted by Gasteiger charge is 2.41. The van der Waals surface area contributed by atoms with Gasteiger partial charge in [-0.3, -0.25) is 0 Å². The number of hydrogen-bond donors (Lipinski definition) is 1. The normalized spacial score (nSPS) is 23.3. The van der Waals surface area contributed by atoms with Gasteiger partial charge in [-0.05, 0) is 55.3 Å². The van der Waals surface area contributed by atoms with Crippen LogP contribution in [0.5, 0.6) is 0 Å². The van der Waals surface area contributed by atoms with Gasteiger partial charge in [-0.25, -0.2) is 4.79 Å². The largest absolute Gasteiger partial charge is 0.444 e. The maximum atomic E-state index is 11.6. The Balaban J connectivity index is 1.82. The summed E-state index contributed by atoms with van der Waals surface area (Å²) in [7, 11) is 0. The molecule has 17 heavy (non-hydrogen) atoms. The Morgan fingerprint density at radius 3 is 2.76 bits per heavy atom. The van der Waals surface area contributed by atoms with Crippen LogP contribution in [0.3, 0.4) is 0 Å². The summed E-state index contributed by atoms with van der Waals surface area (Å²) < 4.78 is 6.36. The van der Waals surface area contributed by atoms with Crippen molar-refractivity contribution in [2.45, 2.75) is 44.8 Å². The zero-order valence-electron chi connectivity index (χ0n) is 10.1. The Morgan fingerprint density at radius 2 is 2.24 bits per heavy atom. The standard InChI is InChI=1S/C12H16BrNO2S/c1-12(2,3)16-11(15)14-8-6-7(8)9-4-5-10(13)17-9/h4-5,7-8H,6H2,1-3H3,(H,14,15)/t7-,8+/m1/s1. The molecule has 2 rings (SSSR count). The molecule has 1 heterocycles. The number of amides is 1. The molecule has 0 bridgehead atoms. The fraction of sp³-hybridized carbons (Fsp3) is 0.583. The molecule has 0 spiro atoms. The molecule has 1 aliphatic rings. The van der Waals surface area contributed by atoms with Crippen LogP contribution in [-0.2, 0) is 4.74 Å². The highest BCUT2D eigenvalue weighted by Crippen LogP contribution is 2.44. The summed E-state index contributed by atoms with van der Waals surface area (Å²) in [6, 6.07) is 4.38. The molecule has 1 saturated carbocycles. The van der Waals surface area contributed by atoms with Crippen molar-refractivity contribution >= 4 is 33.4 Å². The first-order valence-corrected chi connectivity index (χ1v) is 7.21. The van der Waals surface area contributed by atoms with Crippen molar-refractivity contribution in [3.05, 3.63) is 20.8 Å². The summed E-state index contributed by atoms with van der Waals surface area (Å²) >= 11 is 5.17. The fourth-order valence-corrected chi connectivity index (χ4v) is 3.26. The summed E-state index contributed by atoms with van der Waals surface area (Å²) in [6.45, 7) is 5.61. The maximum absolute atomic E-state index is 11.6. The van der Waals surface area contributed by atoms with Crippen molar-refractivity contribution in [1.82, 2.24) is 5.32 Å². The van der Waals surface area contributed by atoms with Gasteiger partial charge in [0.2, 0.25) is 0 Å². The SMILES string of the molecule is CC(C)(C)OC(=O)N[C@H]1C[C@H]1c1ccc(Br)s1. The van der Waals surface area contributed by atoms with Crippen molar-refractivity contribution < 1.29 is 9.53 Å². The zero-order chi connectivity index (χ0) is 12.6. The Kier molecular flexibility index (Phi) is 3.50. The van der Waals surface area contributed by atoms with Crippen molar-refractivity contribution in [2.24, 2.45) is 0 Å². The van der Waals surface area contributed by atoms with Gasteiger partial charge in [-0.1, -0.05) is 0 Å². The van der Waals surface area contributed by atoms with Gasteiger partial charge in [-0.15, -0.1) is 11.3 Å². The van der Waals surface area contributed by atoms with Crippen LogP contribution in [0.2, 0.25) is 0 Å². The van der Waals surface area contributed by atoms with Crippen LogP contribution < -0.4 is 5.32 Å². The van der Waals surface area contributed by atoms with Gasteiger partial charge < -0.3 is 10.1 Å². The minimum absolute atomic E-state index is 0.232. The van der Waals surface area contributed by atoms with E-state index in [4.69, 9.17) is 4.74 Å². The average Bonchev–Trinajstić information content (AvgIpc) is 2.75. The van der Waals surface area contributed by atoms with Crippen LogP contribution in [0.1, 0.15) is 38.0 Å². The highest BCUT2D eigenvalue weighted by molar-refractivity contribution is 9.11. The van der Waals surface area contributed by atoms with Gasteiger partial charge in [0.1, 0.15) is 5.60 Å². The molecule has 3 nitrogen and oxygen atoms in total. The third-order valence-corrected chi connectivity index (χ3v) is 4.21. The van der Waals surface area contributed by atoms with Crippen LogP contribution in [0.25, 0.3) is 0 Å². The Labute approximate surface area is 114 Å². The van der Waals surface area contributed by atoms with Gasteiger partial charge in [0, 0.05) is 16.8 Å². The molecule has 1 fully saturated rings. The molecule has 0 aliphatic heterocycles. The second-order valence-corrected chi connectivity index (χ2v) is 7.73. The van der Waals surface area contributed by atoms with E-state index in [1.54, 1.807) is 11.3 Å². The van der Waals surface area contributed by atoms with Crippen molar-refractivity contribution in [2.75, 3.05) is 0 Å². The van der Waals surface area contributed by atoms with Crippen LogP contribution >= 0.6 is 27.3 Å². The molecule has 94 valence electrons. The number of rotatable bonds is 2. The molecule has 5 heteroatoms. The van der Waals surface area contributed by atoms with Gasteiger partial charge in [0.15, 0.2) is 0 Å². The van der Waals surface area contributed by atoms with Crippen molar-refractivity contribution in [3.63, 3.8) is 0 Å². The first kappa shape index (κ1) is 12.9. The number of carbonyl (C=O) groups is 1. The van der Waals surface area contributed by atoms with E-state index < -0.39 is 5.60 Å². The van der Waals surface area contributed by atoms with Crippen molar-refractivity contribution in [3.8, 4) is 0 Å². The van der Waals surface area contributed by atoms with Crippen LogP contribution in [-0.4, -0.2) is 17.7 Å². The third kappa shape index (κ3) is 3.71. The van der Waals surface area contributed by atoms with Gasteiger partial charge in [0.05, 0.1) is 3.79 Å². The molecule has 0 unspecified atom stereocenters. The summed E-state index contributed by atoms with van der Waals surface area (Å²) in [5.74, 6) is 0.457. The molecule has 1 aliphatic carbocycles. The van der Waals surface area contributed by atoms with Crippen LogP contribution in [0.4, 0.5) is 4.79 Å². The zero-order valence-corrected chi connectivity index (χ0v) is 12.5. The highest BCUT2D eigenvalue weighted by atomic mass is 79.9. The molecule has 0 saturated heterocycles. The molecular formula is C12H16BrNO2S. The lowest BCUT2D eigenvalue weighted by Crippen LogP contribution is -2.34. The van der Waals surface area contributed by atoms with E-state index in [9.17, 15) is 4.79 Å². The first-order valence-electron chi connectivity index (χ1n) is 5.60. The monoisotopic (exact) mass is 317 g/mol.